The fourth-order valence-electron chi connectivity index (χ4n) is 0. The Balaban J connectivity index is -0.0000000590. The van der Waals surface area contributed by atoms with E-state index in [0.717, 1.165) is 0 Å². The minimum atomic E-state index is -4.67. The van der Waals surface area contributed by atoms with E-state index < -0.39 is 24.3 Å². The van der Waals surface area contributed by atoms with Gasteiger partial charge in [-0.1, -0.05) is 0 Å². The molecule has 14 heteroatoms. The normalized spacial score (nSPS) is 9.40. The van der Waals surface area contributed by atoms with Crippen LogP contribution < -0.4 is 11.5 Å². The molecule has 0 saturated carbocycles. The predicted octanol–water partition coefficient (Wildman–Crippen LogP) is -3.21. The Morgan fingerprint density at radius 3 is 1.07 bits per heavy atom. The van der Waals surface area contributed by atoms with E-state index >= 15 is 0 Å². The summed E-state index contributed by atoms with van der Waals surface area (Å²) in [5, 5.41) is 0. The number of hydrogen-bond donors (Lipinski definition) is 7. The van der Waals surface area contributed by atoms with Gasteiger partial charge in [-0.3, -0.25) is 9.11 Å². The van der Waals surface area contributed by atoms with Crippen molar-refractivity contribution in [2.75, 3.05) is 0 Å². The third kappa shape index (κ3) is 3150. The van der Waals surface area contributed by atoms with Gasteiger partial charge in [0.25, 0.3) is 0 Å². The van der Waals surface area contributed by atoms with Crippen molar-refractivity contribution in [2.45, 2.75) is 0 Å². The molecule has 0 heterocycles. The summed E-state index contributed by atoms with van der Waals surface area (Å²) >= 11 is 0. The van der Waals surface area contributed by atoms with Crippen molar-refractivity contribution in [2.24, 2.45) is 11.5 Å². The topological polar surface area (TPSA) is 221 Å². The minimum absolute atomic E-state index is 0. The van der Waals surface area contributed by atoms with Gasteiger partial charge in [-0.15, -0.1) is 0 Å². The molecule has 90 valence electrons. The van der Waals surface area contributed by atoms with E-state index in [9.17, 15) is 0 Å². The number of carbonyl (C=O) groups excluding carboxylic acids is 1. The van der Waals surface area contributed by atoms with Crippen molar-refractivity contribution in [3.8, 4) is 0 Å². The molecule has 9 N–H and O–H groups in total. The predicted molar refractivity (Wildman–Crippen MR) is 49.4 cm³/mol. The van der Waals surface area contributed by atoms with E-state index in [1.54, 1.807) is 0 Å². The van der Waals surface area contributed by atoms with Gasteiger partial charge in [0.05, 0.1) is 0 Å². The maximum absolute atomic E-state index is 9.00. The van der Waals surface area contributed by atoms with Crippen molar-refractivity contribution >= 4 is 75.6 Å². The van der Waals surface area contributed by atoms with Gasteiger partial charge >= 0.3 is 75.6 Å². The standard InChI is InChI=1S/CH4N2O.K.H3O4P.H2O4S.H/c2-1(3)4;;2*1-5(2,3)4;/h(H4,2,3,4);;(H3,1,2,3,4);(H2,1,2,3,4);. The fourth-order valence-corrected chi connectivity index (χ4v) is 0. The average molecular weight is 296 g/mol. The molecule has 0 spiro atoms. The second-order valence-electron chi connectivity index (χ2n) is 1.36. The SMILES string of the molecule is NC(N)=O.O=P(O)(O)O.O=S(=O)(O)O.[KH]. The Morgan fingerprint density at radius 1 is 1.07 bits per heavy atom. The summed E-state index contributed by atoms with van der Waals surface area (Å²) in [6.45, 7) is 0. The van der Waals surface area contributed by atoms with Gasteiger partial charge in [0, 0.05) is 0 Å². The Morgan fingerprint density at radius 2 is 1.07 bits per heavy atom. The first-order valence-corrected chi connectivity index (χ1v) is 5.22. The van der Waals surface area contributed by atoms with Gasteiger partial charge in [-0.05, 0) is 0 Å². The molecular formula is CH10KN2O9PS. The summed E-state index contributed by atoms with van der Waals surface area (Å²) in [7, 11) is -9.31. The third-order valence-corrected chi connectivity index (χ3v) is 0. The molecule has 0 aromatic carbocycles. The van der Waals surface area contributed by atoms with Crippen LogP contribution in [-0.4, -0.2) is 89.6 Å². The molecule has 0 aliphatic rings. The van der Waals surface area contributed by atoms with E-state index in [2.05, 4.69) is 11.5 Å². The number of rotatable bonds is 0. The quantitative estimate of drug-likeness (QED) is 0.135. The van der Waals surface area contributed by atoms with Crippen LogP contribution in [0.5, 0.6) is 0 Å². The van der Waals surface area contributed by atoms with Crippen LogP contribution in [-0.2, 0) is 15.0 Å². The van der Waals surface area contributed by atoms with Crippen LogP contribution in [0, 0.1) is 0 Å². The van der Waals surface area contributed by atoms with Crippen molar-refractivity contribution in [1.82, 2.24) is 0 Å². The number of primary amides is 2. The number of urea groups is 1. The molecule has 0 bridgehead atoms. The van der Waals surface area contributed by atoms with E-state index in [1.165, 1.54) is 0 Å². The van der Waals surface area contributed by atoms with Crippen molar-refractivity contribution < 1.29 is 41.6 Å². The Bertz CT molecular complexity index is 273. The number of hydrogen-bond acceptors (Lipinski definition) is 4. The van der Waals surface area contributed by atoms with Crippen molar-refractivity contribution in [1.29, 1.82) is 0 Å². The maximum atomic E-state index is 9.00. The Hall–Kier alpha value is 0.886. The second kappa shape index (κ2) is 11.4. The summed E-state index contributed by atoms with van der Waals surface area (Å²) in [5.41, 5.74) is 8.50. The van der Waals surface area contributed by atoms with Crippen molar-refractivity contribution in [3.63, 3.8) is 0 Å². The Kier molecular flexibility index (Phi) is 18.9. The fraction of sp³-hybridized carbons (Fsp3) is 0. The first kappa shape index (κ1) is 24.9. The van der Waals surface area contributed by atoms with Crippen LogP contribution in [0.3, 0.4) is 0 Å². The van der Waals surface area contributed by atoms with Gasteiger partial charge in [0.1, 0.15) is 0 Å². The van der Waals surface area contributed by atoms with Crippen LogP contribution in [0.2, 0.25) is 0 Å². The van der Waals surface area contributed by atoms with E-state index in [4.69, 9.17) is 41.6 Å². The summed E-state index contributed by atoms with van der Waals surface area (Å²) < 4.78 is 40.5. The molecule has 11 nitrogen and oxygen atoms in total. The van der Waals surface area contributed by atoms with Gasteiger partial charge in [-0.25, -0.2) is 9.36 Å². The molecular weight excluding hydrogens is 286 g/mol. The monoisotopic (exact) mass is 296 g/mol. The van der Waals surface area contributed by atoms with E-state index in [1.807, 2.05) is 0 Å². The molecule has 0 aromatic heterocycles. The molecule has 0 saturated heterocycles. The van der Waals surface area contributed by atoms with Gasteiger partial charge in [-0.2, -0.15) is 8.42 Å². The van der Waals surface area contributed by atoms with Crippen LogP contribution in [0.25, 0.3) is 0 Å². The van der Waals surface area contributed by atoms with Gasteiger partial charge < -0.3 is 26.1 Å². The zero-order valence-corrected chi connectivity index (χ0v) is 8.09. The van der Waals surface area contributed by atoms with Crippen LogP contribution >= 0.6 is 7.82 Å². The molecule has 0 fully saturated rings. The summed E-state index contributed by atoms with van der Waals surface area (Å²) in [5.74, 6) is 0. The summed E-state index contributed by atoms with van der Waals surface area (Å²) in [6.07, 6.45) is 0. The molecule has 0 aromatic rings. The van der Waals surface area contributed by atoms with Crippen LogP contribution in [0.1, 0.15) is 0 Å². The second-order valence-corrected chi connectivity index (χ2v) is 3.29. The number of nitrogens with two attached hydrogens (primary N) is 2. The van der Waals surface area contributed by atoms with Crippen LogP contribution in [0.4, 0.5) is 4.79 Å². The van der Waals surface area contributed by atoms with Crippen molar-refractivity contribution in [3.05, 3.63) is 0 Å². The molecule has 0 atom stereocenters. The van der Waals surface area contributed by atoms with E-state index in [-0.39, 0.29) is 51.4 Å². The molecule has 0 radical (unpaired) electrons. The third-order valence-electron chi connectivity index (χ3n) is 0. The van der Waals surface area contributed by atoms with Gasteiger partial charge in [0.2, 0.25) is 0 Å². The van der Waals surface area contributed by atoms with Crippen LogP contribution in [0.15, 0.2) is 0 Å². The summed E-state index contributed by atoms with van der Waals surface area (Å²) in [4.78, 5) is 30.6. The molecule has 0 aliphatic heterocycles. The number of phosphoric acid groups is 1. The average Bonchev–Trinajstić information content (AvgIpc) is 1.45. The molecule has 15 heavy (non-hydrogen) atoms. The first-order chi connectivity index (χ1) is 5.73. The molecule has 2 amide bonds. The number of carbonyl (C=O) groups is 1. The molecule has 0 aliphatic carbocycles. The first-order valence-electron chi connectivity index (χ1n) is 2.26. The van der Waals surface area contributed by atoms with E-state index in [0.29, 0.717) is 0 Å². The van der Waals surface area contributed by atoms with Gasteiger partial charge in [0.15, 0.2) is 0 Å². The Labute approximate surface area is 127 Å². The molecule has 0 unspecified atom stereocenters. The number of amides is 2. The summed E-state index contributed by atoms with van der Waals surface area (Å²) in [6, 6.07) is -0.833. The molecule has 0 rings (SSSR count). The zero-order valence-electron chi connectivity index (χ0n) is 6.38. The zero-order chi connectivity index (χ0) is 12.6.